The van der Waals surface area contributed by atoms with Crippen molar-refractivity contribution < 1.29 is 4.39 Å². The lowest BCUT2D eigenvalue weighted by molar-refractivity contribution is 0.239. The second kappa shape index (κ2) is 11.9. The highest BCUT2D eigenvalue weighted by molar-refractivity contribution is 6.64. The zero-order chi connectivity index (χ0) is 23.0. The minimum Gasteiger partial charge on any atom is -0.374 e. The van der Waals surface area contributed by atoms with Gasteiger partial charge in [0.15, 0.2) is 5.29 Å². The summed E-state index contributed by atoms with van der Waals surface area (Å²) in [5.74, 6) is 0.423. The lowest BCUT2D eigenvalue weighted by Gasteiger charge is -2.42. The quantitative estimate of drug-likeness (QED) is 0.244. The highest BCUT2D eigenvalue weighted by atomic mass is 35.5. The summed E-state index contributed by atoms with van der Waals surface area (Å²) in [4.78, 5) is 12.9. The number of nitrogens with two attached hydrogens (primary N) is 1. The average molecular weight is 466 g/mol. The van der Waals surface area contributed by atoms with Crippen molar-refractivity contribution >= 4 is 34.2 Å². The van der Waals surface area contributed by atoms with Gasteiger partial charge < -0.3 is 15.5 Å². The molecule has 0 radical (unpaired) electrons. The van der Waals surface area contributed by atoms with Crippen molar-refractivity contribution in [3.8, 4) is 0 Å². The summed E-state index contributed by atoms with van der Waals surface area (Å²) >= 11 is 12.3. The molecule has 0 spiro atoms. The van der Waals surface area contributed by atoms with Gasteiger partial charge in [0.05, 0.1) is 16.5 Å². The predicted octanol–water partition coefficient (Wildman–Crippen LogP) is 5.65. The summed E-state index contributed by atoms with van der Waals surface area (Å²) in [6.07, 6.45) is 12.5. The maximum absolute atomic E-state index is 13.2. The smallest absolute Gasteiger partial charge is 0.195 e. The van der Waals surface area contributed by atoms with Crippen LogP contribution in [-0.4, -0.2) is 40.9 Å². The van der Waals surface area contributed by atoms with Crippen LogP contribution in [0.1, 0.15) is 27.7 Å². The molecule has 31 heavy (non-hydrogen) atoms. The fourth-order valence-electron chi connectivity index (χ4n) is 3.53. The number of pyridine rings is 1. The number of hydrogen-bond donors (Lipinski definition) is 1. The van der Waals surface area contributed by atoms with Crippen LogP contribution in [-0.2, 0) is 0 Å². The van der Waals surface area contributed by atoms with E-state index in [-0.39, 0.29) is 23.1 Å². The molecular formula is C23H30Cl2FN5. The third kappa shape index (κ3) is 7.40. The Bertz CT molecular complexity index is 899. The zero-order valence-electron chi connectivity index (χ0n) is 18.4. The molecule has 2 unspecified atom stereocenters. The second-order valence-electron chi connectivity index (χ2n) is 7.48. The van der Waals surface area contributed by atoms with Crippen LogP contribution < -0.4 is 10.6 Å². The van der Waals surface area contributed by atoms with E-state index in [0.29, 0.717) is 10.8 Å². The maximum Gasteiger partial charge on any atom is 0.195 e. The molecule has 5 nitrogen and oxygen atoms in total. The summed E-state index contributed by atoms with van der Waals surface area (Å²) in [5, 5.41) is 0.606. The highest BCUT2D eigenvalue weighted by Crippen LogP contribution is 2.29. The highest BCUT2D eigenvalue weighted by Gasteiger charge is 2.27. The lowest BCUT2D eigenvalue weighted by atomic mass is 9.99. The van der Waals surface area contributed by atoms with E-state index in [2.05, 4.69) is 26.7 Å². The number of amidine groups is 1. The first-order chi connectivity index (χ1) is 14.7. The Hall–Kier alpha value is -2.31. The van der Waals surface area contributed by atoms with Crippen molar-refractivity contribution in [2.75, 3.05) is 24.5 Å². The van der Waals surface area contributed by atoms with Gasteiger partial charge in [0.2, 0.25) is 0 Å². The normalized spacial score (nSPS) is 20.5. The van der Waals surface area contributed by atoms with E-state index in [0.717, 1.165) is 30.9 Å². The number of aromatic nitrogens is 1. The number of halogens is 3. The summed E-state index contributed by atoms with van der Waals surface area (Å²) in [6, 6.07) is 2.06. The summed E-state index contributed by atoms with van der Waals surface area (Å²) in [5.41, 5.74) is 7.64. The molecule has 0 amide bonds. The van der Waals surface area contributed by atoms with Crippen molar-refractivity contribution in [2.45, 2.75) is 33.7 Å². The van der Waals surface area contributed by atoms with E-state index in [1.807, 2.05) is 38.1 Å². The number of hydrogen-bond acceptors (Lipinski definition) is 4. The van der Waals surface area contributed by atoms with Gasteiger partial charge in [-0.1, -0.05) is 36.8 Å². The van der Waals surface area contributed by atoms with Crippen LogP contribution in [0.15, 0.2) is 71.1 Å². The van der Waals surface area contributed by atoms with Gasteiger partial charge in [-0.2, -0.15) is 0 Å². The Morgan fingerprint density at radius 1 is 1.39 bits per heavy atom. The molecule has 0 bridgehead atoms. The lowest BCUT2D eigenvalue weighted by Crippen LogP contribution is -2.51. The molecule has 2 heterocycles. The van der Waals surface area contributed by atoms with Gasteiger partial charge in [0, 0.05) is 44.0 Å². The van der Waals surface area contributed by atoms with Crippen LogP contribution in [0.4, 0.5) is 10.1 Å². The van der Waals surface area contributed by atoms with Crippen molar-refractivity contribution in [3.63, 3.8) is 0 Å². The molecule has 8 heteroatoms. The number of piperazine rings is 1. The van der Waals surface area contributed by atoms with Gasteiger partial charge in [0.1, 0.15) is 5.82 Å². The Kier molecular flexibility index (Phi) is 9.59. The van der Waals surface area contributed by atoms with E-state index in [9.17, 15) is 4.39 Å². The van der Waals surface area contributed by atoms with E-state index in [4.69, 9.17) is 28.9 Å². The Morgan fingerprint density at radius 3 is 2.71 bits per heavy atom. The van der Waals surface area contributed by atoms with Crippen molar-refractivity contribution in [3.05, 3.63) is 71.1 Å². The second-order valence-corrected chi connectivity index (χ2v) is 8.28. The van der Waals surface area contributed by atoms with Crippen LogP contribution in [0.2, 0.25) is 5.02 Å². The Balaban J connectivity index is 2.30. The third-order valence-corrected chi connectivity index (χ3v) is 5.40. The predicted molar refractivity (Wildman–Crippen MR) is 130 cm³/mol. The fraction of sp³-hybridized carbons (Fsp3) is 0.391. The molecule has 2 atom stereocenters. The minimum atomic E-state index is -0.249. The van der Waals surface area contributed by atoms with Gasteiger partial charge in [-0.25, -0.2) is 9.38 Å². The third-order valence-electron chi connectivity index (χ3n) is 5.02. The molecule has 1 aromatic rings. The van der Waals surface area contributed by atoms with Crippen molar-refractivity contribution in [1.29, 1.82) is 0 Å². The van der Waals surface area contributed by atoms with E-state index in [1.165, 1.54) is 13.0 Å². The average Bonchev–Trinajstić information content (AvgIpc) is 2.70. The molecular weight excluding hydrogens is 436 g/mol. The molecule has 1 aliphatic rings. The number of nitrogens with zero attached hydrogens (tertiary/aromatic N) is 4. The van der Waals surface area contributed by atoms with Crippen molar-refractivity contribution in [1.82, 2.24) is 9.88 Å². The Morgan fingerprint density at radius 2 is 2.13 bits per heavy atom. The van der Waals surface area contributed by atoms with E-state index >= 15 is 0 Å². The number of allylic oxidation sites excluding steroid dienone is 7. The van der Waals surface area contributed by atoms with Gasteiger partial charge in [-0.3, -0.25) is 4.98 Å². The largest absolute Gasteiger partial charge is 0.374 e. The van der Waals surface area contributed by atoms with Crippen LogP contribution in [0.5, 0.6) is 0 Å². The first kappa shape index (κ1) is 25.0. The first-order valence-corrected chi connectivity index (χ1v) is 11.0. The number of aliphatic imine (C=N–C) groups is 1. The van der Waals surface area contributed by atoms with Crippen LogP contribution >= 0.6 is 23.2 Å². The standard InChI is InChI=1S/C23H30Cl2FN5/c1-5-6-19(8-7-17(3)26)16(2)13-22(29-23(25)27)31-12-11-30(15-18(31)4)21-9-10-28-14-20(21)24/h5-10,13-14,16,18H,11-12,15H2,1-4H3,(H2,27,29)/b6-5-,17-7+,19-8+,22-13+. The van der Waals surface area contributed by atoms with Gasteiger partial charge in [-0.15, -0.1) is 0 Å². The van der Waals surface area contributed by atoms with Crippen LogP contribution in [0, 0.1) is 5.92 Å². The molecule has 0 aromatic carbocycles. The molecule has 0 saturated carbocycles. The summed E-state index contributed by atoms with van der Waals surface area (Å²) in [6.45, 7) is 9.75. The molecule has 1 aliphatic heterocycles. The minimum absolute atomic E-state index is 0.0264. The topological polar surface area (TPSA) is 57.8 Å². The van der Waals surface area contributed by atoms with Gasteiger partial charge in [0.25, 0.3) is 0 Å². The van der Waals surface area contributed by atoms with E-state index < -0.39 is 0 Å². The summed E-state index contributed by atoms with van der Waals surface area (Å²) < 4.78 is 13.2. The van der Waals surface area contributed by atoms with Crippen LogP contribution in [0.25, 0.3) is 0 Å². The Labute approximate surface area is 194 Å². The molecule has 1 saturated heterocycles. The molecule has 168 valence electrons. The molecule has 1 aromatic heterocycles. The van der Waals surface area contributed by atoms with E-state index in [1.54, 1.807) is 18.5 Å². The molecule has 2 N–H and O–H groups in total. The van der Waals surface area contributed by atoms with Gasteiger partial charge in [-0.05, 0) is 56.2 Å². The fourth-order valence-corrected chi connectivity index (χ4v) is 3.86. The molecule has 1 fully saturated rings. The maximum atomic E-state index is 13.2. The van der Waals surface area contributed by atoms with Crippen LogP contribution in [0.3, 0.4) is 0 Å². The number of rotatable bonds is 7. The van der Waals surface area contributed by atoms with Gasteiger partial charge >= 0.3 is 0 Å². The molecule has 2 rings (SSSR count). The monoisotopic (exact) mass is 465 g/mol. The first-order valence-electron chi connectivity index (χ1n) is 10.2. The zero-order valence-corrected chi connectivity index (χ0v) is 19.9. The SMILES string of the molecule is C\C=C/C(=C\C=C(/C)F)C(C)/C=C(\N=C(/N)Cl)N1CCN(c2ccncc2Cl)CC1C. The number of anilines is 1. The van der Waals surface area contributed by atoms with Crippen molar-refractivity contribution in [2.24, 2.45) is 16.6 Å². The molecule has 0 aliphatic carbocycles. The summed E-state index contributed by atoms with van der Waals surface area (Å²) in [7, 11) is 0.